The van der Waals surface area contributed by atoms with Crippen molar-refractivity contribution in [1.82, 2.24) is 9.88 Å². The highest BCUT2D eigenvalue weighted by molar-refractivity contribution is 5.96. The summed E-state index contributed by atoms with van der Waals surface area (Å²) in [6.07, 6.45) is 5.43. The van der Waals surface area contributed by atoms with Crippen LogP contribution in [0.15, 0.2) is 91.3 Å². The molecule has 1 saturated carbocycles. The van der Waals surface area contributed by atoms with Crippen LogP contribution in [0.25, 0.3) is 11.1 Å². The second-order valence-electron chi connectivity index (χ2n) is 8.88. The lowest BCUT2D eigenvalue weighted by molar-refractivity contribution is 0.0729. The number of hydrogen-bond acceptors (Lipinski definition) is 4. The van der Waals surface area contributed by atoms with E-state index in [9.17, 15) is 9.18 Å². The van der Waals surface area contributed by atoms with Gasteiger partial charge in [0, 0.05) is 30.5 Å². The summed E-state index contributed by atoms with van der Waals surface area (Å²) in [7, 11) is 1.61. The molecule has 1 aromatic heterocycles. The molecule has 1 aliphatic rings. The Balaban J connectivity index is 1.36. The quantitative estimate of drug-likeness (QED) is 0.282. The minimum Gasteiger partial charge on any atom is -0.493 e. The molecular weight excluding hydrogens is 455 g/mol. The number of rotatable bonds is 9. The Bertz CT molecular complexity index is 1360. The molecule has 0 saturated heterocycles. The number of halogens is 1. The third-order valence-corrected chi connectivity index (χ3v) is 6.24. The number of benzene rings is 3. The molecular formula is C30H27FN2O3. The van der Waals surface area contributed by atoms with E-state index in [1.807, 2.05) is 65.6 Å². The predicted octanol–water partition coefficient (Wildman–Crippen LogP) is 6.28. The first-order valence-electron chi connectivity index (χ1n) is 12.0. The number of carbonyl (C=O) groups is 1. The number of aromatic nitrogens is 1. The van der Waals surface area contributed by atoms with E-state index in [2.05, 4.69) is 4.98 Å². The van der Waals surface area contributed by atoms with Crippen molar-refractivity contribution in [2.24, 2.45) is 0 Å². The first kappa shape index (κ1) is 23.5. The van der Waals surface area contributed by atoms with Gasteiger partial charge in [0.05, 0.1) is 7.11 Å². The molecule has 0 atom stereocenters. The molecule has 36 heavy (non-hydrogen) atoms. The zero-order valence-electron chi connectivity index (χ0n) is 20.1. The maximum Gasteiger partial charge on any atom is 0.254 e. The fraction of sp³-hybridized carbons (Fsp3) is 0.200. The Hall–Kier alpha value is -4.19. The Labute approximate surface area is 210 Å². The van der Waals surface area contributed by atoms with E-state index in [1.165, 1.54) is 12.1 Å². The summed E-state index contributed by atoms with van der Waals surface area (Å²) in [6.45, 7) is 0.851. The van der Waals surface area contributed by atoms with Gasteiger partial charge in [0.15, 0.2) is 11.5 Å². The van der Waals surface area contributed by atoms with Gasteiger partial charge in [-0.25, -0.2) is 4.39 Å². The lowest BCUT2D eigenvalue weighted by Gasteiger charge is -2.23. The third kappa shape index (κ3) is 5.54. The molecule has 0 N–H and O–H groups in total. The van der Waals surface area contributed by atoms with E-state index in [0.29, 0.717) is 30.2 Å². The van der Waals surface area contributed by atoms with Gasteiger partial charge < -0.3 is 14.4 Å². The average Bonchev–Trinajstić information content (AvgIpc) is 3.76. The maximum absolute atomic E-state index is 13.7. The van der Waals surface area contributed by atoms with Gasteiger partial charge in [0.1, 0.15) is 12.4 Å². The minimum atomic E-state index is -0.301. The maximum atomic E-state index is 13.7. The summed E-state index contributed by atoms with van der Waals surface area (Å²) < 4.78 is 25.3. The van der Waals surface area contributed by atoms with Gasteiger partial charge >= 0.3 is 0 Å². The molecule has 1 heterocycles. The van der Waals surface area contributed by atoms with Crippen molar-refractivity contribution in [3.05, 3.63) is 114 Å². The Kier molecular flexibility index (Phi) is 6.94. The van der Waals surface area contributed by atoms with Crippen LogP contribution in [-0.4, -0.2) is 28.9 Å². The highest BCUT2D eigenvalue weighted by atomic mass is 19.1. The van der Waals surface area contributed by atoms with Crippen molar-refractivity contribution in [1.29, 1.82) is 0 Å². The zero-order valence-corrected chi connectivity index (χ0v) is 20.1. The van der Waals surface area contributed by atoms with Gasteiger partial charge in [0.25, 0.3) is 5.91 Å². The van der Waals surface area contributed by atoms with Crippen molar-refractivity contribution in [2.75, 3.05) is 7.11 Å². The van der Waals surface area contributed by atoms with Crippen molar-refractivity contribution in [3.8, 4) is 22.6 Å². The summed E-state index contributed by atoms with van der Waals surface area (Å²) in [6, 6.07) is 23.6. The lowest BCUT2D eigenvalue weighted by atomic mass is 10.0. The number of amides is 1. The largest absolute Gasteiger partial charge is 0.493 e. The fourth-order valence-electron chi connectivity index (χ4n) is 4.19. The Morgan fingerprint density at radius 2 is 1.67 bits per heavy atom. The van der Waals surface area contributed by atoms with E-state index in [4.69, 9.17) is 9.47 Å². The van der Waals surface area contributed by atoms with E-state index in [-0.39, 0.29) is 17.8 Å². The number of methoxy groups -OCH3 is 1. The van der Waals surface area contributed by atoms with E-state index in [1.54, 1.807) is 25.6 Å². The third-order valence-electron chi connectivity index (χ3n) is 6.24. The standard InChI is InChI=1S/C30H27FN2O3/c1-35-28-11-8-22(16-29(28)36-20-21-12-14-32-15-13-21)19-33(27-9-10-27)30(34)25-6-2-4-23(17-25)24-5-3-7-26(31)18-24/h2-8,11-18,27H,9-10,19-20H2,1H3. The van der Waals surface area contributed by atoms with Crippen molar-refractivity contribution >= 4 is 5.91 Å². The van der Waals surface area contributed by atoms with Crippen LogP contribution in [0.4, 0.5) is 4.39 Å². The van der Waals surface area contributed by atoms with Crippen LogP contribution in [0.2, 0.25) is 0 Å². The van der Waals surface area contributed by atoms with Gasteiger partial charge in [-0.05, 0) is 83.6 Å². The molecule has 1 fully saturated rings. The molecule has 3 aromatic carbocycles. The number of nitrogens with zero attached hydrogens (tertiary/aromatic N) is 2. The minimum absolute atomic E-state index is 0.0363. The summed E-state index contributed by atoms with van der Waals surface area (Å²) in [4.78, 5) is 19.5. The molecule has 0 bridgehead atoms. The molecule has 0 spiro atoms. The molecule has 1 aliphatic carbocycles. The number of carbonyl (C=O) groups excluding carboxylic acids is 1. The topological polar surface area (TPSA) is 51.7 Å². The van der Waals surface area contributed by atoms with Gasteiger partial charge in [-0.1, -0.05) is 30.3 Å². The summed E-state index contributed by atoms with van der Waals surface area (Å²) in [5, 5.41) is 0. The molecule has 5 nitrogen and oxygen atoms in total. The Morgan fingerprint density at radius 3 is 2.39 bits per heavy atom. The monoisotopic (exact) mass is 482 g/mol. The van der Waals surface area contributed by atoms with Gasteiger partial charge in [0.2, 0.25) is 0 Å². The molecule has 0 aliphatic heterocycles. The van der Waals surface area contributed by atoms with Gasteiger partial charge in [-0.2, -0.15) is 0 Å². The fourth-order valence-corrected chi connectivity index (χ4v) is 4.19. The average molecular weight is 483 g/mol. The summed E-state index contributed by atoms with van der Waals surface area (Å²) in [5.41, 5.74) is 4.11. The zero-order chi connectivity index (χ0) is 24.9. The number of ether oxygens (including phenoxy) is 2. The highest BCUT2D eigenvalue weighted by Crippen LogP contribution is 2.33. The van der Waals surface area contributed by atoms with E-state index >= 15 is 0 Å². The molecule has 0 radical (unpaired) electrons. The first-order chi connectivity index (χ1) is 17.6. The van der Waals surface area contributed by atoms with Crippen LogP contribution in [0.5, 0.6) is 11.5 Å². The van der Waals surface area contributed by atoms with Crippen LogP contribution in [-0.2, 0) is 13.2 Å². The van der Waals surface area contributed by atoms with Crippen molar-refractivity contribution < 1.29 is 18.7 Å². The predicted molar refractivity (Wildman–Crippen MR) is 136 cm³/mol. The normalized spacial score (nSPS) is 12.7. The molecule has 6 heteroatoms. The van der Waals surface area contributed by atoms with Crippen LogP contribution >= 0.6 is 0 Å². The number of hydrogen-bond donors (Lipinski definition) is 0. The SMILES string of the molecule is COc1ccc(CN(C(=O)c2cccc(-c3cccc(F)c3)c2)C2CC2)cc1OCc1ccncc1. The first-order valence-corrected chi connectivity index (χ1v) is 12.0. The van der Waals surface area contributed by atoms with E-state index < -0.39 is 0 Å². The lowest BCUT2D eigenvalue weighted by Crippen LogP contribution is -2.32. The van der Waals surface area contributed by atoms with Crippen molar-refractivity contribution in [2.45, 2.75) is 32.0 Å². The van der Waals surface area contributed by atoms with Gasteiger partial charge in [-0.3, -0.25) is 9.78 Å². The van der Waals surface area contributed by atoms with Crippen LogP contribution < -0.4 is 9.47 Å². The molecule has 1 amide bonds. The second kappa shape index (κ2) is 10.6. The van der Waals surface area contributed by atoms with Crippen molar-refractivity contribution in [3.63, 3.8) is 0 Å². The van der Waals surface area contributed by atoms with Crippen LogP contribution in [0.3, 0.4) is 0 Å². The highest BCUT2D eigenvalue weighted by Gasteiger charge is 2.33. The molecule has 5 rings (SSSR count). The Morgan fingerprint density at radius 1 is 0.917 bits per heavy atom. The van der Waals surface area contributed by atoms with Crippen LogP contribution in [0, 0.1) is 5.82 Å². The second-order valence-corrected chi connectivity index (χ2v) is 8.88. The smallest absolute Gasteiger partial charge is 0.254 e. The van der Waals surface area contributed by atoms with E-state index in [0.717, 1.165) is 35.1 Å². The van der Waals surface area contributed by atoms with Gasteiger partial charge in [-0.15, -0.1) is 0 Å². The molecule has 0 unspecified atom stereocenters. The summed E-state index contributed by atoms with van der Waals surface area (Å²) in [5.74, 6) is 0.930. The number of pyridine rings is 1. The summed E-state index contributed by atoms with van der Waals surface area (Å²) >= 11 is 0. The molecule has 182 valence electrons. The molecule has 4 aromatic rings. The van der Waals surface area contributed by atoms with Crippen LogP contribution in [0.1, 0.15) is 34.3 Å².